The van der Waals surface area contributed by atoms with E-state index in [4.69, 9.17) is 10.6 Å². The Labute approximate surface area is 127 Å². The third-order valence-electron chi connectivity index (χ3n) is 3.19. The Hall–Kier alpha value is -1.43. The first-order chi connectivity index (χ1) is 9.63. The second-order valence-corrected chi connectivity index (χ2v) is 5.59. The molecular formula is C15H18BrN3O. The molecule has 0 spiro atoms. The van der Waals surface area contributed by atoms with Gasteiger partial charge in [-0.1, -0.05) is 17.7 Å². The number of nitrogens with zero attached hydrogens (tertiary/aromatic N) is 1. The molecule has 0 fully saturated rings. The molecule has 0 saturated heterocycles. The van der Waals surface area contributed by atoms with Gasteiger partial charge in [0, 0.05) is 16.9 Å². The van der Waals surface area contributed by atoms with Crippen LogP contribution in [0.5, 0.6) is 5.75 Å². The Bertz CT molecular complexity index is 589. The molecule has 2 aromatic rings. The minimum absolute atomic E-state index is 0.0179. The second-order valence-electron chi connectivity index (χ2n) is 4.68. The van der Waals surface area contributed by atoms with Gasteiger partial charge in [0.25, 0.3) is 0 Å². The second kappa shape index (κ2) is 6.83. The fourth-order valence-electron chi connectivity index (χ4n) is 2.18. The van der Waals surface area contributed by atoms with Gasteiger partial charge in [-0.25, -0.2) is 0 Å². The zero-order valence-corrected chi connectivity index (χ0v) is 13.1. The van der Waals surface area contributed by atoms with Crippen LogP contribution in [0.1, 0.15) is 22.7 Å². The van der Waals surface area contributed by atoms with Crippen molar-refractivity contribution < 1.29 is 4.74 Å². The molecule has 0 saturated carbocycles. The number of nitrogens with two attached hydrogens (primary N) is 1. The molecule has 1 atom stereocenters. The fourth-order valence-corrected chi connectivity index (χ4v) is 2.56. The number of benzene rings is 1. The summed E-state index contributed by atoms with van der Waals surface area (Å²) in [5, 5.41) is 0. The van der Waals surface area contributed by atoms with Crippen LogP contribution in [0.3, 0.4) is 0 Å². The van der Waals surface area contributed by atoms with Crippen LogP contribution < -0.4 is 16.0 Å². The zero-order valence-electron chi connectivity index (χ0n) is 11.6. The van der Waals surface area contributed by atoms with Crippen LogP contribution in [0, 0.1) is 6.92 Å². The number of hydrogen-bond acceptors (Lipinski definition) is 4. The fraction of sp³-hybridized carbons (Fsp3) is 0.267. The largest absolute Gasteiger partial charge is 0.496 e. The van der Waals surface area contributed by atoms with E-state index in [0.717, 1.165) is 27.8 Å². The van der Waals surface area contributed by atoms with Crippen molar-refractivity contribution >= 4 is 15.9 Å². The van der Waals surface area contributed by atoms with Crippen molar-refractivity contribution in [2.24, 2.45) is 5.84 Å². The number of halogens is 1. The van der Waals surface area contributed by atoms with Crippen LogP contribution in [0.2, 0.25) is 0 Å². The van der Waals surface area contributed by atoms with E-state index in [2.05, 4.69) is 39.3 Å². The smallest absolute Gasteiger partial charge is 0.122 e. The Morgan fingerprint density at radius 2 is 2.15 bits per heavy atom. The monoisotopic (exact) mass is 335 g/mol. The van der Waals surface area contributed by atoms with E-state index in [0.29, 0.717) is 0 Å². The lowest BCUT2D eigenvalue weighted by molar-refractivity contribution is 0.405. The van der Waals surface area contributed by atoms with E-state index in [1.165, 1.54) is 5.56 Å². The lowest BCUT2D eigenvalue weighted by Gasteiger charge is -2.18. The summed E-state index contributed by atoms with van der Waals surface area (Å²) in [7, 11) is 1.68. The lowest BCUT2D eigenvalue weighted by atomic mass is 9.99. The molecular weight excluding hydrogens is 318 g/mol. The minimum atomic E-state index is -0.0179. The summed E-state index contributed by atoms with van der Waals surface area (Å²) in [5.74, 6) is 6.57. The topological polar surface area (TPSA) is 60.2 Å². The molecule has 1 heterocycles. The van der Waals surface area contributed by atoms with Gasteiger partial charge in [-0.05, 0) is 52.5 Å². The summed E-state index contributed by atoms with van der Waals surface area (Å²) in [4.78, 5) is 4.18. The van der Waals surface area contributed by atoms with E-state index < -0.39 is 0 Å². The minimum Gasteiger partial charge on any atom is -0.496 e. The van der Waals surface area contributed by atoms with Gasteiger partial charge < -0.3 is 4.74 Å². The van der Waals surface area contributed by atoms with Crippen molar-refractivity contribution in [3.63, 3.8) is 0 Å². The summed E-state index contributed by atoms with van der Waals surface area (Å²) in [6, 6.07) is 8.13. The molecule has 0 radical (unpaired) electrons. The first kappa shape index (κ1) is 15.0. The number of aromatic nitrogens is 1. The summed E-state index contributed by atoms with van der Waals surface area (Å²) in [6.45, 7) is 2.06. The molecule has 106 valence electrons. The van der Waals surface area contributed by atoms with Gasteiger partial charge in [0.15, 0.2) is 0 Å². The highest BCUT2D eigenvalue weighted by Crippen LogP contribution is 2.26. The predicted molar refractivity (Wildman–Crippen MR) is 83.4 cm³/mol. The van der Waals surface area contributed by atoms with E-state index >= 15 is 0 Å². The van der Waals surface area contributed by atoms with Gasteiger partial charge in [-0.15, -0.1) is 0 Å². The zero-order chi connectivity index (χ0) is 14.5. The summed E-state index contributed by atoms with van der Waals surface area (Å²) in [6.07, 6.45) is 4.31. The number of ether oxygens (including phenoxy) is 1. The van der Waals surface area contributed by atoms with Gasteiger partial charge in [0.2, 0.25) is 0 Å². The van der Waals surface area contributed by atoms with Crippen molar-refractivity contribution in [3.05, 3.63) is 57.8 Å². The van der Waals surface area contributed by atoms with Gasteiger partial charge in [-0.2, -0.15) is 0 Å². The maximum absolute atomic E-state index is 5.70. The molecule has 3 N–H and O–H groups in total. The van der Waals surface area contributed by atoms with Crippen molar-refractivity contribution in [3.8, 4) is 5.75 Å². The molecule has 0 aliphatic carbocycles. The summed E-state index contributed by atoms with van der Waals surface area (Å²) < 4.78 is 6.35. The van der Waals surface area contributed by atoms with Gasteiger partial charge >= 0.3 is 0 Å². The van der Waals surface area contributed by atoms with E-state index in [1.54, 1.807) is 13.3 Å². The Morgan fingerprint density at radius 3 is 2.80 bits per heavy atom. The normalized spacial score (nSPS) is 12.2. The molecule has 4 nitrogen and oxygen atoms in total. The van der Waals surface area contributed by atoms with Gasteiger partial charge in [0.1, 0.15) is 5.75 Å². The Kier molecular flexibility index (Phi) is 5.11. The average Bonchev–Trinajstić information content (AvgIpc) is 2.45. The van der Waals surface area contributed by atoms with Gasteiger partial charge in [0.05, 0.1) is 13.2 Å². The van der Waals surface area contributed by atoms with Crippen LogP contribution in [0.15, 0.2) is 41.1 Å². The average molecular weight is 336 g/mol. The van der Waals surface area contributed by atoms with Crippen molar-refractivity contribution in [2.45, 2.75) is 19.4 Å². The molecule has 0 amide bonds. The summed E-state index contributed by atoms with van der Waals surface area (Å²) in [5.41, 5.74) is 6.20. The van der Waals surface area contributed by atoms with Crippen LogP contribution in [0.4, 0.5) is 0 Å². The van der Waals surface area contributed by atoms with Gasteiger partial charge in [-0.3, -0.25) is 16.3 Å². The molecule has 1 unspecified atom stereocenters. The quantitative estimate of drug-likeness (QED) is 0.651. The number of aryl methyl sites for hydroxylation is 1. The molecule has 0 bridgehead atoms. The first-order valence-corrected chi connectivity index (χ1v) is 7.13. The maximum Gasteiger partial charge on any atom is 0.122 e. The van der Waals surface area contributed by atoms with Crippen LogP contribution in [-0.4, -0.2) is 12.1 Å². The number of pyridine rings is 1. The molecule has 5 heteroatoms. The third-order valence-corrected chi connectivity index (χ3v) is 3.62. The lowest BCUT2D eigenvalue weighted by Crippen LogP contribution is -2.29. The van der Waals surface area contributed by atoms with Crippen LogP contribution >= 0.6 is 15.9 Å². The molecule has 2 rings (SSSR count). The standard InChI is InChI=1S/C15H18BrN3O/c1-10-3-4-15(20-2)11(5-10)7-14(19-17)12-6-13(16)9-18-8-12/h3-6,8-9,14,19H,7,17H2,1-2H3. The molecule has 20 heavy (non-hydrogen) atoms. The number of nitrogens with one attached hydrogen (secondary N) is 1. The molecule has 0 aliphatic heterocycles. The van der Waals surface area contributed by atoms with Crippen molar-refractivity contribution in [2.75, 3.05) is 7.11 Å². The highest BCUT2D eigenvalue weighted by molar-refractivity contribution is 9.10. The Morgan fingerprint density at radius 1 is 1.35 bits per heavy atom. The first-order valence-electron chi connectivity index (χ1n) is 6.34. The Balaban J connectivity index is 2.28. The maximum atomic E-state index is 5.70. The third kappa shape index (κ3) is 3.56. The van der Waals surface area contributed by atoms with E-state index in [9.17, 15) is 0 Å². The van der Waals surface area contributed by atoms with E-state index in [1.807, 2.05) is 24.4 Å². The highest BCUT2D eigenvalue weighted by Gasteiger charge is 2.14. The predicted octanol–water partition coefficient (Wildman–Crippen LogP) is 2.91. The highest BCUT2D eigenvalue weighted by atomic mass is 79.9. The number of hydrazine groups is 1. The number of methoxy groups -OCH3 is 1. The molecule has 0 aliphatic rings. The number of hydrogen-bond donors (Lipinski definition) is 2. The van der Waals surface area contributed by atoms with Crippen molar-refractivity contribution in [1.82, 2.24) is 10.4 Å². The van der Waals surface area contributed by atoms with Crippen LogP contribution in [0.25, 0.3) is 0 Å². The van der Waals surface area contributed by atoms with E-state index in [-0.39, 0.29) is 6.04 Å². The molecule has 1 aromatic heterocycles. The number of rotatable bonds is 5. The SMILES string of the molecule is COc1ccc(C)cc1CC(NN)c1cncc(Br)c1. The molecule has 1 aromatic carbocycles. The summed E-state index contributed by atoms with van der Waals surface area (Å²) >= 11 is 3.43. The van der Waals surface area contributed by atoms with Crippen LogP contribution in [-0.2, 0) is 6.42 Å². The van der Waals surface area contributed by atoms with Crippen molar-refractivity contribution in [1.29, 1.82) is 0 Å².